The Labute approximate surface area is 121 Å². The molecule has 1 aromatic rings. The Hall–Kier alpha value is -0.770. The lowest BCUT2D eigenvalue weighted by Crippen LogP contribution is -2.22. The number of rotatable bonds is 8. The maximum absolute atomic E-state index is 6.22. The highest BCUT2D eigenvalue weighted by atomic mass is 35.5. The number of nitrogens with two attached hydrogens (primary N) is 1. The average molecular weight is 285 g/mol. The van der Waals surface area contributed by atoms with Gasteiger partial charge in [-0.25, -0.2) is 0 Å². The van der Waals surface area contributed by atoms with Crippen LogP contribution < -0.4 is 10.5 Å². The molecule has 1 rings (SSSR count). The van der Waals surface area contributed by atoms with Gasteiger partial charge in [0.15, 0.2) is 0 Å². The van der Waals surface area contributed by atoms with E-state index >= 15 is 0 Å². The van der Waals surface area contributed by atoms with Gasteiger partial charge in [-0.2, -0.15) is 0 Å². The van der Waals surface area contributed by atoms with Crippen molar-refractivity contribution in [1.82, 2.24) is 4.90 Å². The molecule has 0 amide bonds. The number of hydrogen-bond donors (Lipinski definition) is 1. The van der Waals surface area contributed by atoms with Crippen molar-refractivity contribution < 1.29 is 4.74 Å². The zero-order valence-electron chi connectivity index (χ0n) is 12.2. The van der Waals surface area contributed by atoms with Crippen LogP contribution in [-0.2, 0) is 6.42 Å². The monoisotopic (exact) mass is 284 g/mol. The molecule has 0 aliphatic heterocycles. The summed E-state index contributed by atoms with van der Waals surface area (Å²) < 4.78 is 5.85. The molecule has 0 radical (unpaired) electrons. The van der Waals surface area contributed by atoms with Crippen LogP contribution in [0.3, 0.4) is 0 Å². The molecule has 0 aliphatic rings. The first-order chi connectivity index (χ1) is 9.04. The Bertz CT molecular complexity index is 382. The van der Waals surface area contributed by atoms with Crippen LogP contribution in [0, 0.1) is 0 Å². The summed E-state index contributed by atoms with van der Waals surface area (Å²) >= 11 is 6.22. The first-order valence-corrected chi connectivity index (χ1v) is 7.22. The molecule has 1 aromatic carbocycles. The molecule has 0 aromatic heterocycles. The van der Waals surface area contributed by atoms with E-state index in [9.17, 15) is 0 Å². The number of halogens is 1. The first-order valence-electron chi connectivity index (χ1n) is 6.85. The van der Waals surface area contributed by atoms with Crippen LogP contribution in [0.5, 0.6) is 5.75 Å². The molecular weight excluding hydrogens is 260 g/mol. The van der Waals surface area contributed by atoms with Crippen molar-refractivity contribution >= 4 is 11.6 Å². The molecule has 19 heavy (non-hydrogen) atoms. The molecule has 1 atom stereocenters. The van der Waals surface area contributed by atoms with Crippen molar-refractivity contribution in [3.63, 3.8) is 0 Å². The van der Waals surface area contributed by atoms with Gasteiger partial charge in [0.1, 0.15) is 5.75 Å². The summed E-state index contributed by atoms with van der Waals surface area (Å²) in [5.74, 6) is 0.798. The Morgan fingerprint density at radius 2 is 2.11 bits per heavy atom. The van der Waals surface area contributed by atoms with Gasteiger partial charge in [-0.05, 0) is 45.0 Å². The zero-order chi connectivity index (χ0) is 14.3. The van der Waals surface area contributed by atoms with Gasteiger partial charge in [0, 0.05) is 12.6 Å². The van der Waals surface area contributed by atoms with E-state index in [1.165, 1.54) is 0 Å². The van der Waals surface area contributed by atoms with E-state index in [-0.39, 0.29) is 6.04 Å². The van der Waals surface area contributed by atoms with E-state index in [2.05, 4.69) is 25.9 Å². The van der Waals surface area contributed by atoms with Crippen LogP contribution in [-0.4, -0.2) is 38.2 Å². The molecule has 0 spiro atoms. The van der Waals surface area contributed by atoms with Gasteiger partial charge in [-0.1, -0.05) is 30.7 Å². The molecule has 1 unspecified atom stereocenters. The second kappa shape index (κ2) is 8.41. The molecule has 0 bridgehead atoms. The van der Waals surface area contributed by atoms with Crippen molar-refractivity contribution in [3.8, 4) is 5.75 Å². The summed E-state index contributed by atoms with van der Waals surface area (Å²) in [4.78, 5) is 2.14. The minimum atomic E-state index is 0.155. The Kier molecular flexibility index (Phi) is 7.21. The maximum atomic E-state index is 6.22. The fourth-order valence-electron chi connectivity index (χ4n) is 1.86. The van der Waals surface area contributed by atoms with E-state index in [1.54, 1.807) is 0 Å². The second-order valence-electron chi connectivity index (χ2n) is 5.11. The summed E-state index contributed by atoms with van der Waals surface area (Å²) in [6.07, 6.45) is 2.74. The topological polar surface area (TPSA) is 38.5 Å². The molecular formula is C15H25ClN2O. The van der Waals surface area contributed by atoms with Gasteiger partial charge >= 0.3 is 0 Å². The number of benzene rings is 1. The number of para-hydroxylation sites is 1. The van der Waals surface area contributed by atoms with Gasteiger partial charge < -0.3 is 15.4 Å². The number of hydrogen-bond acceptors (Lipinski definition) is 3. The SMILES string of the molecule is CCC(N)Cc1cccc(Cl)c1OCCCN(C)C. The van der Waals surface area contributed by atoms with Crippen LogP contribution in [0.2, 0.25) is 5.02 Å². The second-order valence-corrected chi connectivity index (χ2v) is 5.51. The van der Waals surface area contributed by atoms with Crippen molar-refractivity contribution in [3.05, 3.63) is 28.8 Å². The van der Waals surface area contributed by atoms with Gasteiger partial charge in [-0.3, -0.25) is 0 Å². The molecule has 108 valence electrons. The number of nitrogens with zero attached hydrogens (tertiary/aromatic N) is 1. The van der Waals surface area contributed by atoms with Crippen LogP contribution in [0.1, 0.15) is 25.3 Å². The lowest BCUT2D eigenvalue weighted by molar-refractivity contribution is 0.279. The summed E-state index contributed by atoms with van der Waals surface area (Å²) in [7, 11) is 4.11. The average Bonchev–Trinajstić information content (AvgIpc) is 2.36. The summed E-state index contributed by atoms with van der Waals surface area (Å²) in [6, 6.07) is 6.02. The van der Waals surface area contributed by atoms with E-state index in [4.69, 9.17) is 22.1 Å². The zero-order valence-corrected chi connectivity index (χ0v) is 12.9. The van der Waals surface area contributed by atoms with Crippen molar-refractivity contribution in [2.24, 2.45) is 5.73 Å². The standard InChI is InChI=1S/C15H25ClN2O/c1-4-13(17)11-12-7-5-8-14(16)15(12)19-10-6-9-18(2)3/h5,7-8,13H,4,6,9-11,17H2,1-3H3. The van der Waals surface area contributed by atoms with Gasteiger partial charge in [0.25, 0.3) is 0 Å². The smallest absolute Gasteiger partial charge is 0.141 e. The molecule has 0 aliphatic carbocycles. The predicted molar refractivity (Wildman–Crippen MR) is 82.1 cm³/mol. The van der Waals surface area contributed by atoms with E-state index in [0.29, 0.717) is 11.6 Å². The van der Waals surface area contributed by atoms with E-state index < -0.39 is 0 Å². The highest BCUT2D eigenvalue weighted by Crippen LogP contribution is 2.29. The van der Waals surface area contributed by atoms with Crippen LogP contribution in [0.15, 0.2) is 18.2 Å². The van der Waals surface area contributed by atoms with Gasteiger partial charge in [0.2, 0.25) is 0 Å². The third-order valence-electron chi connectivity index (χ3n) is 3.05. The Morgan fingerprint density at radius 1 is 1.37 bits per heavy atom. The minimum Gasteiger partial charge on any atom is -0.492 e. The summed E-state index contributed by atoms with van der Waals surface area (Å²) in [5, 5.41) is 0.672. The van der Waals surface area contributed by atoms with Crippen LogP contribution in [0.4, 0.5) is 0 Å². The molecule has 2 N–H and O–H groups in total. The summed E-state index contributed by atoms with van der Waals surface area (Å²) in [5.41, 5.74) is 7.12. The summed E-state index contributed by atoms with van der Waals surface area (Å²) in [6.45, 7) is 3.78. The minimum absolute atomic E-state index is 0.155. The molecule has 4 heteroatoms. The third kappa shape index (κ3) is 5.81. The van der Waals surface area contributed by atoms with Crippen molar-refractivity contribution in [2.45, 2.75) is 32.2 Å². The third-order valence-corrected chi connectivity index (χ3v) is 3.35. The quantitative estimate of drug-likeness (QED) is 0.746. The predicted octanol–water partition coefficient (Wildman–Crippen LogP) is 2.95. The Balaban J connectivity index is 2.64. The maximum Gasteiger partial charge on any atom is 0.141 e. The Morgan fingerprint density at radius 3 is 2.74 bits per heavy atom. The molecule has 0 heterocycles. The molecule has 0 saturated heterocycles. The van der Waals surface area contributed by atoms with Gasteiger partial charge in [-0.15, -0.1) is 0 Å². The van der Waals surface area contributed by atoms with Gasteiger partial charge in [0.05, 0.1) is 11.6 Å². The first kappa shape index (κ1) is 16.3. The highest BCUT2D eigenvalue weighted by Gasteiger charge is 2.11. The number of ether oxygens (including phenoxy) is 1. The fraction of sp³-hybridized carbons (Fsp3) is 0.600. The van der Waals surface area contributed by atoms with Crippen molar-refractivity contribution in [1.29, 1.82) is 0 Å². The lowest BCUT2D eigenvalue weighted by Gasteiger charge is -2.16. The molecule has 0 saturated carbocycles. The molecule has 3 nitrogen and oxygen atoms in total. The molecule has 0 fully saturated rings. The normalized spacial score (nSPS) is 12.7. The van der Waals surface area contributed by atoms with Crippen LogP contribution >= 0.6 is 11.6 Å². The van der Waals surface area contributed by atoms with E-state index in [0.717, 1.165) is 37.1 Å². The fourth-order valence-corrected chi connectivity index (χ4v) is 2.11. The van der Waals surface area contributed by atoms with E-state index in [1.807, 2.05) is 18.2 Å². The lowest BCUT2D eigenvalue weighted by atomic mass is 10.0. The van der Waals surface area contributed by atoms with Crippen LogP contribution in [0.25, 0.3) is 0 Å². The largest absolute Gasteiger partial charge is 0.492 e. The van der Waals surface area contributed by atoms with Crippen molar-refractivity contribution in [2.75, 3.05) is 27.2 Å². The highest BCUT2D eigenvalue weighted by molar-refractivity contribution is 6.32.